The van der Waals surface area contributed by atoms with Gasteiger partial charge in [-0.05, 0) is 22.9 Å². The Kier molecular flexibility index (Phi) is 5.51. The number of rotatable bonds is 6. The van der Waals surface area contributed by atoms with Gasteiger partial charge in [0.1, 0.15) is 21.6 Å². The fourth-order valence-corrected chi connectivity index (χ4v) is 4.48. The lowest BCUT2D eigenvalue weighted by atomic mass is 9.97. The summed E-state index contributed by atoms with van der Waals surface area (Å²) in [5, 5.41) is 2.00. The lowest BCUT2D eigenvalue weighted by Crippen LogP contribution is -2.28. The van der Waals surface area contributed by atoms with Gasteiger partial charge in [-0.15, -0.1) is 0 Å². The fourth-order valence-electron chi connectivity index (χ4n) is 3.00. The normalized spacial score (nSPS) is 13.8. The first kappa shape index (κ1) is 17.6. The summed E-state index contributed by atoms with van der Waals surface area (Å²) in [5.41, 5.74) is 1.13. The van der Waals surface area contributed by atoms with Crippen molar-refractivity contribution in [2.75, 3.05) is 7.11 Å². The van der Waals surface area contributed by atoms with Crippen LogP contribution in [0, 0.1) is 5.92 Å². The van der Waals surface area contributed by atoms with Crippen LogP contribution in [0.3, 0.4) is 0 Å². The molecule has 0 aliphatic heterocycles. The summed E-state index contributed by atoms with van der Waals surface area (Å²) in [6.45, 7) is 4.25. The van der Waals surface area contributed by atoms with Crippen molar-refractivity contribution in [3.63, 3.8) is 0 Å². The Hall–Kier alpha value is -2.17. The van der Waals surface area contributed by atoms with E-state index in [2.05, 4.69) is 30.7 Å². The van der Waals surface area contributed by atoms with Gasteiger partial charge in [-0.25, -0.2) is 8.93 Å². The van der Waals surface area contributed by atoms with E-state index in [9.17, 15) is 4.21 Å². The van der Waals surface area contributed by atoms with Gasteiger partial charge in [0, 0.05) is 11.4 Å². The second-order valence-corrected chi connectivity index (χ2v) is 7.52. The van der Waals surface area contributed by atoms with Gasteiger partial charge in [0.2, 0.25) is 0 Å². The van der Waals surface area contributed by atoms with E-state index in [4.69, 9.17) is 4.74 Å². The summed E-state index contributed by atoms with van der Waals surface area (Å²) in [5.74, 6) is 0.937. The predicted molar refractivity (Wildman–Crippen MR) is 104 cm³/mol. The number of nitrogens with one attached hydrogen (secondary N) is 1. The van der Waals surface area contributed by atoms with Crippen molar-refractivity contribution < 1.29 is 8.95 Å². The van der Waals surface area contributed by atoms with Gasteiger partial charge >= 0.3 is 0 Å². The van der Waals surface area contributed by atoms with Crippen LogP contribution in [0.25, 0.3) is 10.8 Å². The molecular formula is C21H23NO2S. The summed E-state index contributed by atoms with van der Waals surface area (Å²) < 4.78 is 22.0. The Bertz CT molecular complexity index is 877. The van der Waals surface area contributed by atoms with Crippen LogP contribution in [0.2, 0.25) is 0 Å². The molecule has 0 heterocycles. The predicted octanol–water partition coefficient (Wildman–Crippen LogP) is 4.86. The Morgan fingerprint density at radius 1 is 0.920 bits per heavy atom. The molecule has 0 amide bonds. The largest absolute Gasteiger partial charge is 0.495 e. The molecular weight excluding hydrogens is 330 g/mol. The van der Waals surface area contributed by atoms with Crippen molar-refractivity contribution in [2.45, 2.75) is 24.8 Å². The molecule has 3 aromatic carbocycles. The van der Waals surface area contributed by atoms with Crippen LogP contribution < -0.4 is 9.46 Å². The zero-order valence-electron chi connectivity index (χ0n) is 14.7. The first-order valence-electron chi connectivity index (χ1n) is 8.40. The zero-order valence-corrected chi connectivity index (χ0v) is 15.5. The van der Waals surface area contributed by atoms with Gasteiger partial charge < -0.3 is 4.74 Å². The molecule has 2 atom stereocenters. The molecule has 3 aromatic rings. The average Bonchev–Trinajstić information content (AvgIpc) is 2.65. The minimum atomic E-state index is -1.40. The van der Waals surface area contributed by atoms with Crippen LogP contribution >= 0.6 is 0 Å². The molecule has 0 aromatic heterocycles. The molecule has 4 heteroatoms. The zero-order chi connectivity index (χ0) is 17.8. The number of ether oxygens (including phenoxy) is 1. The maximum Gasteiger partial charge on any atom is 0.137 e. The first-order chi connectivity index (χ1) is 12.1. The third-order valence-corrected chi connectivity index (χ3v) is 5.57. The molecule has 3 nitrogen and oxygen atoms in total. The minimum absolute atomic E-state index is 0.00860. The number of benzene rings is 3. The first-order valence-corrected chi connectivity index (χ1v) is 9.55. The van der Waals surface area contributed by atoms with E-state index in [1.165, 1.54) is 0 Å². The number of hydrogen-bond donors (Lipinski definition) is 1. The maximum atomic E-state index is 13.2. The lowest BCUT2D eigenvalue weighted by molar-refractivity contribution is 0.404. The third-order valence-electron chi connectivity index (χ3n) is 4.31. The van der Waals surface area contributed by atoms with Crippen molar-refractivity contribution in [3.05, 3.63) is 72.3 Å². The fraction of sp³-hybridized carbons (Fsp3) is 0.238. The number of hydrogen-bond acceptors (Lipinski definition) is 2. The standard InChI is InChI=1S/C21H23NO2S/c1-15(2)20(17-10-5-4-6-11-17)22-25(23)21-18-12-8-7-9-16(18)13-14-19(21)24-3/h4-15,20,22H,1-3H3/t20-,25?/m1/s1. The molecule has 25 heavy (non-hydrogen) atoms. The van der Waals surface area contributed by atoms with Gasteiger partial charge in [-0.1, -0.05) is 74.5 Å². The van der Waals surface area contributed by atoms with E-state index in [0.29, 0.717) is 16.6 Å². The van der Waals surface area contributed by atoms with Crippen LogP contribution in [-0.2, 0) is 11.0 Å². The minimum Gasteiger partial charge on any atom is -0.495 e. The molecule has 0 bridgehead atoms. The highest BCUT2D eigenvalue weighted by atomic mass is 32.2. The topological polar surface area (TPSA) is 38.3 Å². The van der Waals surface area contributed by atoms with Gasteiger partial charge in [0.05, 0.1) is 7.11 Å². The molecule has 130 valence electrons. The Morgan fingerprint density at radius 2 is 1.60 bits per heavy atom. The van der Waals surface area contributed by atoms with Crippen molar-refractivity contribution in [1.82, 2.24) is 4.72 Å². The van der Waals surface area contributed by atoms with Crippen LogP contribution in [0.15, 0.2) is 71.6 Å². The summed E-state index contributed by atoms with van der Waals surface area (Å²) in [6, 6.07) is 21.9. The molecule has 0 saturated heterocycles. The van der Waals surface area contributed by atoms with Gasteiger partial charge in [-0.2, -0.15) is 0 Å². The third kappa shape index (κ3) is 3.75. The van der Waals surface area contributed by atoms with Crippen molar-refractivity contribution in [3.8, 4) is 5.75 Å². The molecule has 1 unspecified atom stereocenters. The molecule has 0 aliphatic carbocycles. The lowest BCUT2D eigenvalue weighted by Gasteiger charge is -2.23. The molecule has 1 N–H and O–H groups in total. The van der Waals surface area contributed by atoms with E-state index < -0.39 is 11.0 Å². The van der Waals surface area contributed by atoms with E-state index >= 15 is 0 Å². The van der Waals surface area contributed by atoms with Crippen molar-refractivity contribution in [2.24, 2.45) is 5.92 Å². The number of fused-ring (bicyclic) bond motifs is 1. The second-order valence-electron chi connectivity index (χ2n) is 6.34. The Balaban J connectivity index is 2.01. The molecule has 0 saturated carbocycles. The monoisotopic (exact) mass is 353 g/mol. The van der Waals surface area contributed by atoms with Crippen LogP contribution in [-0.4, -0.2) is 11.3 Å². The quantitative estimate of drug-likeness (QED) is 0.687. The van der Waals surface area contributed by atoms with Gasteiger partial charge in [0.15, 0.2) is 0 Å². The van der Waals surface area contributed by atoms with Crippen molar-refractivity contribution >= 4 is 21.8 Å². The second kappa shape index (κ2) is 7.81. The highest BCUT2D eigenvalue weighted by Crippen LogP contribution is 2.32. The maximum absolute atomic E-state index is 13.2. The van der Waals surface area contributed by atoms with E-state index in [1.54, 1.807) is 7.11 Å². The van der Waals surface area contributed by atoms with E-state index in [1.807, 2.05) is 54.6 Å². The highest BCUT2D eigenvalue weighted by Gasteiger charge is 2.22. The van der Waals surface area contributed by atoms with Gasteiger partial charge in [-0.3, -0.25) is 0 Å². The average molecular weight is 353 g/mol. The summed E-state index contributed by atoms with van der Waals surface area (Å²) >= 11 is 0. The summed E-state index contributed by atoms with van der Waals surface area (Å²) in [4.78, 5) is 0.696. The summed E-state index contributed by atoms with van der Waals surface area (Å²) in [6.07, 6.45) is 0. The van der Waals surface area contributed by atoms with E-state index in [-0.39, 0.29) is 6.04 Å². The highest BCUT2D eigenvalue weighted by molar-refractivity contribution is 7.83. The molecule has 0 fully saturated rings. The molecule has 3 rings (SSSR count). The van der Waals surface area contributed by atoms with Gasteiger partial charge in [0.25, 0.3) is 0 Å². The van der Waals surface area contributed by atoms with Crippen LogP contribution in [0.4, 0.5) is 0 Å². The van der Waals surface area contributed by atoms with Crippen LogP contribution in [0.5, 0.6) is 5.75 Å². The SMILES string of the molecule is COc1ccc2ccccc2c1S(=O)N[C@@H](c1ccccc1)C(C)C. The Labute approximate surface area is 151 Å². The summed E-state index contributed by atoms with van der Waals surface area (Å²) in [7, 11) is 0.217. The smallest absolute Gasteiger partial charge is 0.137 e. The van der Waals surface area contributed by atoms with E-state index in [0.717, 1.165) is 16.3 Å². The molecule has 0 spiro atoms. The number of methoxy groups -OCH3 is 1. The molecule has 0 aliphatic rings. The van der Waals surface area contributed by atoms with Crippen molar-refractivity contribution in [1.29, 1.82) is 0 Å². The Morgan fingerprint density at radius 3 is 2.28 bits per heavy atom. The van der Waals surface area contributed by atoms with Crippen LogP contribution in [0.1, 0.15) is 25.5 Å². The molecule has 0 radical (unpaired) electrons.